The Morgan fingerprint density at radius 3 is 2.89 bits per heavy atom. The van der Waals surface area contributed by atoms with Crippen molar-refractivity contribution in [2.75, 3.05) is 25.1 Å². The van der Waals surface area contributed by atoms with Crippen LogP contribution in [0.4, 0.5) is 11.5 Å². The molecule has 2 aromatic rings. The molecule has 1 aliphatic carbocycles. The van der Waals surface area contributed by atoms with Crippen LogP contribution in [0.1, 0.15) is 43.0 Å². The molecule has 1 amide bonds. The summed E-state index contributed by atoms with van der Waals surface area (Å²) >= 11 is 0. The molecule has 1 aromatic carbocycles. The molecule has 0 bridgehead atoms. The number of morpholine rings is 1. The van der Waals surface area contributed by atoms with Crippen molar-refractivity contribution in [1.29, 1.82) is 0 Å². The number of carbonyl (C=O) groups excluding carboxylic acids is 1. The number of nitrogens with one attached hydrogen (secondary N) is 1. The number of amides is 1. The summed E-state index contributed by atoms with van der Waals surface area (Å²) < 4.78 is 11.4. The molecule has 2 aliphatic rings. The molecule has 2 heterocycles. The van der Waals surface area contributed by atoms with Gasteiger partial charge in [-0.2, -0.15) is 0 Å². The van der Waals surface area contributed by atoms with Crippen molar-refractivity contribution in [3.63, 3.8) is 0 Å². The Bertz CT molecular complexity index is 807. The van der Waals surface area contributed by atoms with Crippen LogP contribution >= 0.6 is 0 Å². The van der Waals surface area contributed by atoms with E-state index in [4.69, 9.17) is 9.47 Å². The Labute approximate surface area is 165 Å². The van der Waals surface area contributed by atoms with Gasteiger partial charge in [0.25, 0.3) is 5.91 Å². The standard InChI is InChI=1S/C22H27N3O3/c1-2-27-17-11-9-16(10-12-17)24-21-18(6-5-13-23-21)22(26)25-14-15-28-20-8-4-3-7-19(20)25/h5-6,9-13,19-20H,2-4,7-8,14-15H2,1H3,(H,23,24)/t19-,20+/m1/s1. The number of benzene rings is 1. The summed E-state index contributed by atoms with van der Waals surface area (Å²) in [6.45, 7) is 3.83. The first-order chi connectivity index (χ1) is 13.8. The van der Waals surface area contributed by atoms with Gasteiger partial charge in [0, 0.05) is 18.4 Å². The quantitative estimate of drug-likeness (QED) is 0.848. The third-order valence-corrected chi connectivity index (χ3v) is 5.46. The van der Waals surface area contributed by atoms with E-state index in [1.54, 1.807) is 6.20 Å². The number of hydrogen-bond donors (Lipinski definition) is 1. The number of nitrogens with zero attached hydrogens (tertiary/aromatic N) is 2. The van der Waals surface area contributed by atoms with Crippen LogP contribution in [-0.2, 0) is 4.74 Å². The second-order valence-electron chi connectivity index (χ2n) is 7.24. The maximum atomic E-state index is 13.4. The van der Waals surface area contributed by atoms with Crippen LogP contribution in [0.25, 0.3) is 0 Å². The van der Waals surface area contributed by atoms with Gasteiger partial charge in [-0.1, -0.05) is 12.8 Å². The number of carbonyl (C=O) groups is 1. The predicted molar refractivity (Wildman–Crippen MR) is 108 cm³/mol. The van der Waals surface area contributed by atoms with Gasteiger partial charge < -0.3 is 19.7 Å². The highest BCUT2D eigenvalue weighted by Gasteiger charge is 2.37. The lowest BCUT2D eigenvalue weighted by atomic mass is 9.89. The van der Waals surface area contributed by atoms with Crippen LogP contribution in [-0.4, -0.2) is 47.7 Å². The normalized spacial score (nSPS) is 21.7. The van der Waals surface area contributed by atoms with Gasteiger partial charge in [0.15, 0.2) is 0 Å². The van der Waals surface area contributed by atoms with Crippen molar-refractivity contribution in [1.82, 2.24) is 9.88 Å². The van der Waals surface area contributed by atoms with Crippen LogP contribution in [0, 0.1) is 0 Å². The van der Waals surface area contributed by atoms with Gasteiger partial charge in [0.05, 0.1) is 30.9 Å². The minimum atomic E-state index is 0.0294. The molecular weight excluding hydrogens is 354 g/mol. The van der Waals surface area contributed by atoms with Gasteiger partial charge >= 0.3 is 0 Å². The molecule has 6 heteroatoms. The third-order valence-electron chi connectivity index (χ3n) is 5.46. The fraction of sp³-hybridized carbons (Fsp3) is 0.455. The summed E-state index contributed by atoms with van der Waals surface area (Å²) in [7, 11) is 0. The molecule has 1 aromatic heterocycles. The number of hydrogen-bond acceptors (Lipinski definition) is 5. The fourth-order valence-electron chi connectivity index (χ4n) is 4.12. The van der Waals surface area contributed by atoms with E-state index in [9.17, 15) is 4.79 Å². The zero-order valence-electron chi connectivity index (χ0n) is 16.3. The van der Waals surface area contributed by atoms with Gasteiger partial charge in [0.1, 0.15) is 11.6 Å². The largest absolute Gasteiger partial charge is 0.494 e. The molecular formula is C22H27N3O3. The Morgan fingerprint density at radius 2 is 2.07 bits per heavy atom. The van der Waals surface area contributed by atoms with Crippen LogP contribution in [0.5, 0.6) is 5.75 Å². The molecule has 148 valence electrons. The minimum Gasteiger partial charge on any atom is -0.494 e. The van der Waals surface area contributed by atoms with Gasteiger partial charge in [-0.25, -0.2) is 4.98 Å². The molecule has 0 unspecified atom stereocenters. The lowest BCUT2D eigenvalue weighted by molar-refractivity contribution is -0.0752. The lowest BCUT2D eigenvalue weighted by Gasteiger charge is -2.43. The van der Waals surface area contributed by atoms with Crippen molar-refractivity contribution in [3.8, 4) is 5.75 Å². The maximum Gasteiger partial charge on any atom is 0.258 e. The molecule has 0 spiro atoms. The lowest BCUT2D eigenvalue weighted by Crippen LogP contribution is -2.54. The Balaban J connectivity index is 1.54. The van der Waals surface area contributed by atoms with Gasteiger partial charge in [-0.15, -0.1) is 0 Å². The zero-order valence-corrected chi connectivity index (χ0v) is 16.3. The molecule has 1 aliphatic heterocycles. The Morgan fingerprint density at radius 1 is 1.25 bits per heavy atom. The van der Waals surface area contributed by atoms with E-state index in [1.165, 1.54) is 6.42 Å². The first-order valence-electron chi connectivity index (χ1n) is 10.1. The average molecular weight is 381 g/mol. The molecule has 0 radical (unpaired) electrons. The smallest absolute Gasteiger partial charge is 0.258 e. The zero-order chi connectivity index (χ0) is 19.3. The summed E-state index contributed by atoms with van der Waals surface area (Å²) in [6.07, 6.45) is 6.26. The maximum absolute atomic E-state index is 13.4. The molecule has 1 saturated carbocycles. The average Bonchev–Trinajstić information content (AvgIpc) is 2.75. The first-order valence-corrected chi connectivity index (χ1v) is 10.1. The summed E-state index contributed by atoms with van der Waals surface area (Å²) in [5, 5.41) is 3.29. The molecule has 1 N–H and O–H groups in total. The highest BCUT2D eigenvalue weighted by atomic mass is 16.5. The topological polar surface area (TPSA) is 63.7 Å². The number of pyridine rings is 1. The van der Waals surface area contributed by atoms with Crippen LogP contribution in [0.3, 0.4) is 0 Å². The predicted octanol–water partition coefficient (Wildman–Crippen LogP) is 4.01. The molecule has 1 saturated heterocycles. The number of aromatic nitrogens is 1. The number of anilines is 2. The summed E-state index contributed by atoms with van der Waals surface area (Å²) in [5.41, 5.74) is 1.47. The summed E-state index contributed by atoms with van der Waals surface area (Å²) in [6, 6.07) is 11.5. The highest BCUT2D eigenvalue weighted by molar-refractivity contribution is 5.99. The van der Waals surface area contributed by atoms with Crippen molar-refractivity contribution in [3.05, 3.63) is 48.2 Å². The van der Waals surface area contributed by atoms with Crippen molar-refractivity contribution < 1.29 is 14.3 Å². The fourth-order valence-corrected chi connectivity index (χ4v) is 4.12. The highest BCUT2D eigenvalue weighted by Crippen LogP contribution is 2.31. The van der Waals surface area contributed by atoms with Crippen molar-refractivity contribution in [2.24, 2.45) is 0 Å². The molecule has 2 fully saturated rings. The summed E-state index contributed by atoms with van der Waals surface area (Å²) in [5.74, 6) is 1.43. The SMILES string of the molecule is CCOc1ccc(Nc2ncccc2C(=O)N2CCO[C@H]3CCCC[C@H]32)cc1. The Kier molecular flexibility index (Phi) is 5.76. The van der Waals surface area contributed by atoms with E-state index in [0.29, 0.717) is 31.1 Å². The third kappa shape index (κ3) is 3.97. The van der Waals surface area contributed by atoms with Gasteiger partial charge in [0.2, 0.25) is 0 Å². The molecule has 4 rings (SSSR count). The second-order valence-corrected chi connectivity index (χ2v) is 7.24. The number of rotatable bonds is 5. The molecule has 2 atom stereocenters. The van der Waals surface area contributed by atoms with E-state index in [2.05, 4.69) is 10.3 Å². The van der Waals surface area contributed by atoms with E-state index in [0.717, 1.165) is 30.7 Å². The van der Waals surface area contributed by atoms with E-state index >= 15 is 0 Å². The monoisotopic (exact) mass is 381 g/mol. The second kappa shape index (κ2) is 8.61. The number of ether oxygens (including phenoxy) is 2. The van der Waals surface area contributed by atoms with Gasteiger partial charge in [-0.3, -0.25) is 4.79 Å². The van der Waals surface area contributed by atoms with Crippen LogP contribution in [0.15, 0.2) is 42.6 Å². The van der Waals surface area contributed by atoms with Crippen molar-refractivity contribution >= 4 is 17.4 Å². The molecule has 28 heavy (non-hydrogen) atoms. The number of fused-ring (bicyclic) bond motifs is 1. The van der Waals surface area contributed by atoms with Crippen molar-refractivity contribution in [2.45, 2.75) is 44.8 Å². The van der Waals surface area contributed by atoms with Crippen LogP contribution < -0.4 is 10.1 Å². The summed E-state index contributed by atoms with van der Waals surface area (Å²) in [4.78, 5) is 19.8. The van der Waals surface area contributed by atoms with E-state index < -0.39 is 0 Å². The van der Waals surface area contributed by atoms with E-state index in [1.807, 2.05) is 48.2 Å². The van der Waals surface area contributed by atoms with Gasteiger partial charge in [-0.05, 0) is 56.2 Å². The molecule has 6 nitrogen and oxygen atoms in total. The van der Waals surface area contributed by atoms with E-state index in [-0.39, 0.29) is 18.1 Å². The minimum absolute atomic E-state index is 0.0294. The van der Waals surface area contributed by atoms with Crippen LogP contribution in [0.2, 0.25) is 0 Å². The first kappa shape index (κ1) is 18.7. The Hall–Kier alpha value is -2.60.